The van der Waals surface area contributed by atoms with E-state index in [0.717, 1.165) is 45.4 Å². The van der Waals surface area contributed by atoms with Crippen LogP contribution in [0, 0.1) is 0 Å². The summed E-state index contributed by atoms with van der Waals surface area (Å²) in [6.45, 7) is 3.10. The van der Waals surface area contributed by atoms with Gasteiger partial charge >= 0.3 is 0 Å². The van der Waals surface area contributed by atoms with E-state index in [-0.39, 0.29) is 24.4 Å². The highest BCUT2D eigenvalue weighted by Crippen LogP contribution is 2.27. The van der Waals surface area contributed by atoms with E-state index in [2.05, 4.69) is 15.7 Å². The minimum atomic E-state index is -0.548. The molecule has 0 saturated carbocycles. The molecule has 2 saturated heterocycles. The third kappa shape index (κ3) is 3.39. The molecule has 0 aromatic carbocycles. The summed E-state index contributed by atoms with van der Waals surface area (Å²) in [5.74, 6) is 0.0678. The van der Waals surface area contributed by atoms with Gasteiger partial charge in [-0.25, -0.2) is 0 Å². The highest BCUT2D eigenvalue weighted by atomic mass is 35.5. The van der Waals surface area contributed by atoms with Crippen molar-refractivity contribution >= 4 is 18.3 Å². The van der Waals surface area contributed by atoms with Crippen molar-refractivity contribution in [2.24, 2.45) is 0 Å². The standard InChI is InChI=1S/C14H22N4O2.ClH/c19-13(16-11-12-3-1-10-20-12)14(4-7-15-8-5-14)18-9-2-6-17-18;/h2,6,9,12,15H,1,3-5,7-8,10-11H2,(H,16,19);1H. The maximum Gasteiger partial charge on any atom is 0.248 e. The van der Waals surface area contributed by atoms with Gasteiger partial charge in [-0.15, -0.1) is 12.4 Å². The first kappa shape index (κ1) is 16.3. The van der Waals surface area contributed by atoms with E-state index in [0.29, 0.717) is 6.54 Å². The maximum atomic E-state index is 12.7. The first-order chi connectivity index (χ1) is 9.81. The highest BCUT2D eigenvalue weighted by molar-refractivity contribution is 5.85. The number of aromatic nitrogens is 2. The summed E-state index contributed by atoms with van der Waals surface area (Å²) in [7, 11) is 0. The predicted molar refractivity (Wildman–Crippen MR) is 81.5 cm³/mol. The molecule has 1 aromatic rings. The van der Waals surface area contributed by atoms with Gasteiger partial charge < -0.3 is 15.4 Å². The van der Waals surface area contributed by atoms with Crippen LogP contribution < -0.4 is 10.6 Å². The second-order valence-corrected chi connectivity index (χ2v) is 5.58. The van der Waals surface area contributed by atoms with Crippen molar-refractivity contribution in [3.05, 3.63) is 18.5 Å². The fourth-order valence-electron chi connectivity index (χ4n) is 3.10. The number of carbonyl (C=O) groups is 1. The van der Waals surface area contributed by atoms with Crippen molar-refractivity contribution < 1.29 is 9.53 Å². The fraction of sp³-hybridized carbons (Fsp3) is 0.714. The molecule has 7 heteroatoms. The van der Waals surface area contributed by atoms with Gasteiger partial charge in [0.05, 0.1) is 6.10 Å². The zero-order valence-corrected chi connectivity index (χ0v) is 12.9. The highest BCUT2D eigenvalue weighted by Gasteiger charge is 2.42. The zero-order chi connectivity index (χ0) is 13.8. The second-order valence-electron chi connectivity index (χ2n) is 5.58. The molecular formula is C14H23ClN4O2. The maximum absolute atomic E-state index is 12.7. The number of ether oxygens (including phenoxy) is 1. The van der Waals surface area contributed by atoms with Crippen LogP contribution in [-0.4, -0.2) is 48.0 Å². The summed E-state index contributed by atoms with van der Waals surface area (Å²) in [4.78, 5) is 12.7. The monoisotopic (exact) mass is 314 g/mol. The lowest BCUT2D eigenvalue weighted by molar-refractivity contribution is -0.132. The molecule has 21 heavy (non-hydrogen) atoms. The third-order valence-corrected chi connectivity index (χ3v) is 4.31. The van der Waals surface area contributed by atoms with E-state index in [1.54, 1.807) is 6.20 Å². The van der Waals surface area contributed by atoms with Crippen LogP contribution in [0.15, 0.2) is 18.5 Å². The molecule has 3 heterocycles. The molecule has 6 nitrogen and oxygen atoms in total. The number of piperidine rings is 1. The summed E-state index contributed by atoms with van der Waals surface area (Å²) in [5, 5.41) is 10.7. The molecule has 2 aliphatic rings. The fourth-order valence-corrected chi connectivity index (χ4v) is 3.10. The van der Waals surface area contributed by atoms with E-state index in [1.165, 1.54) is 0 Å². The topological polar surface area (TPSA) is 68.2 Å². The molecule has 2 N–H and O–H groups in total. The van der Waals surface area contributed by atoms with Crippen LogP contribution in [0.2, 0.25) is 0 Å². The smallest absolute Gasteiger partial charge is 0.248 e. The Morgan fingerprint density at radius 3 is 2.90 bits per heavy atom. The molecule has 1 atom stereocenters. The first-order valence-electron chi connectivity index (χ1n) is 7.42. The SMILES string of the molecule is Cl.O=C(NCC1CCCO1)C1(n2cccn2)CCNCC1. The van der Waals surface area contributed by atoms with Gasteiger partial charge in [0.25, 0.3) is 0 Å². The van der Waals surface area contributed by atoms with Gasteiger partial charge in [0.1, 0.15) is 5.54 Å². The van der Waals surface area contributed by atoms with Crippen LogP contribution in [0.3, 0.4) is 0 Å². The van der Waals surface area contributed by atoms with Gasteiger partial charge in [-0.1, -0.05) is 0 Å². The number of amides is 1. The Kier molecular flexibility index (Phi) is 5.61. The second kappa shape index (κ2) is 7.24. The van der Waals surface area contributed by atoms with Crippen LogP contribution in [0.1, 0.15) is 25.7 Å². The zero-order valence-electron chi connectivity index (χ0n) is 12.1. The van der Waals surface area contributed by atoms with E-state index in [1.807, 2.05) is 16.9 Å². The van der Waals surface area contributed by atoms with E-state index >= 15 is 0 Å². The normalized spacial score (nSPS) is 24.3. The lowest BCUT2D eigenvalue weighted by Crippen LogP contribution is -2.55. The molecule has 2 fully saturated rings. The van der Waals surface area contributed by atoms with Gasteiger partial charge in [0.2, 0.25) is 5.91 Å². The van der Waals surface area contributed by atoms with Crippen LogP contribution in [0.5, 0.6) is 0 Å². The minimum Gasteiger partial charge on any atom is -0.376 e. The molecule has 1 unspecified atom stereocenters. The predicted octanol–water partition coefficient (Wildman–Crippen LogP) is 0.679. The minimum absolute atomic E-state index is 0. The summed E-state index contributed by atoms with van der Waals surface area (Å²) in [6, 6.07) is 1.87. The van der Waals surface area contributed by atoms with Crippen molar-refractivity contribution in [3.63, 3.8) is 0 Å². The number of hydrogen-bond donors (Lipinski definition) is 2. The van der Waals surface area contributed by atoms with Crippen LogP contribution >= 0.6 is 12.4 Å². The molecule has 1 amide bonds. The van der Waals surface area contributed by atoms with Gasteiger partial charge in [-0.3, -0.25) is 9.48 Å². The quantitative estimate of drug-likeness (QED) is 0.857. The molecular weight excluding hydrogens is 292 g/mol. The first-order valence-corrected chi connectivity index (χ1v) is 7.42. The molecule has 118 valence electrons. The number of hydrogen-bond acceptors (Lipinski definition) is 4. The lowest BCUT2D eigenvalue weighted by atomic mass is 9.87. The van der Waals surface area contributed by atoms with Gasteiger partial charge in [-0.05, 0) is 44.8 Å². The number of nitrogens with zero attached hydrogens (tertiary/aromatic N) is 2. The average molecular weight is 315 g/mol. The molecule has 0 bridgehead atoms. The molecule has 0 spiro atoms. The summed E-state index contributed by atoms with van der Waals surface area (Å²) in [5.41, 5.74) is -0.548. The Bertz CT molecular complexity index is 440. The van der Waals surface area contributed by atoms with Crippen molar-refractivity contribution in [1.29, 1.82) is 0 Å². The molecule has 3 rings (SSSR count). The van der Waals surface area contributed by atoms with Crippen LogP contribution in [-0.2, 0) is 15.1 Å². The number of rotatable bonds is 4. The van der Waals surface area contributed by atoms with Crippen molar-refractivity contribution in [3.8, 4) is 0 Å². The van der Waals surface area contributed by atoms with Crippen molar-refractivity contribution in [2.75, 3.05) is 26.2 Å². The Morgan fingerprint density at radius 2 is 2.29 bits per heavy atom. The number of halogens is 1. The Labute approximate surface area is 131 Å². The van der Waals surface area contributed by atoms with Crippen LogP contribution in [0.4, 0.5) is 0 Å². The number of nitrogens with one attached hydrogen (secondary N) is 2. The largest absolute Gasteiger partial charge is 0.376 e. The van der Waals surface area contributed by atoms with Gasteiger partial charge in [0, 0.05) is 25.5 Å². The van der Waals surface area contributed by atoms with Gasteiger partial charge in [0.15, 0.2) is 0 Å². The van der Waals surface area contributed by atoms with E-state index in [4.69, 9.17) is 4.74 Å². The Balaban J connectivity index is 0.00000161. The lowest BCUT2D eigenvalue weighted by Gasteiger charge is -2.36. The van der Waals surface area contributed by atoms with Gasteiger partial charge in [-0.2, -0.15) is 5.10 Å². The summed E-state index contributed by atoms with van der Waals surface area (Å²) in [6.07, 6.45) is 7.47. The molecule has 0 aliphatic carbocycles. The summed E-state index contributed by atoms with van der Waals surface area (Å²) < 4.78 is 7.38. The summed E-state index contributed by atoms with van der Waals surface area (Å²) >= 11 is 0. The Morgan fingerprint density at radius 1 is 1.48 bits per heavy atom. The van der Waals surface area contributed by atoms with E-state index < -0.39 is 5.54 Å². The molecule has 1 aromatic heterocycles. The average Bonchev–Trinajstić information content (AvgIpc) is 3.18. The third-order valence-electron chi connectivity index (χ3n) is 4.31. The molecule has 2 aliphatic heterocycles. The van der Waals surface area contributed by atoms with E-state index in [9.17, 15) is 4.79 Å². The number of carbonyl (C=O) groups excluding carboxylic acids is 1. The molecule has 0 radical (unpaired) electrons. The Hall–Kier alpha value is -1.11. The van der Waals surface area contributed by atoms with Crippen molar-refractivity contribution in [2.45, 2.75) is 37.3 Å². The van der Waals surface area contributed by atoms with Crippen molar-refractivity contribution in [1.82, 2.24) is 20.4 Å². The van der Waals surface area contributed by atoms with Crippen LogP contribution in [0.25, 0.3) is 0 Å².